The molecule has 70 valence electrons. The summed E-state index contributed by atoms with van der Waals surface area (Å²) in [5.41, 5.74) is 1.85. The van der Waals surface area contributed by atoms with Crippen molar-refractivity contribution in [3.05, 3.63) is 42.2 Å². The third kappa shape index (κ3) is 2.99. The highest BCUT2D eigenvalue weighted by Crippen LogP contribution is 2.15. The zero-order valence-corrected chi connectivity index (χ0v) is 7.81. The van der Waals surface area contributed by atoms with Gasteiger partial charge < -0.3 is 5.32 Å². The Morgan fingerprint density at radius 2 is 2.31 bits per heavy atom. The molecule has 0 atom stereocenters. The number of hydrogen-bond acceptors (Lipinski definition) is 1. The third-order valence-electron chi connectivity index (χ3n) is 1.91. The zero-order chi connectivity index (χ0) is 9.68. The minimum Gasteiger partial charge on any atom is -0.319 e. The van der Waals surface area contributed by atoms with E-state index in [2.05, 4.69) is 11.9 Å². The molecule has 0 aliphatic rings. The molecule has 1 aromatic rings. The molecule has 1 rings (SSSR count). The second kappa shape index (κ2) is 4.77. The molecule has 0 aliphatic carbocycles. The second-order valence-corrected chi connectivity index (χ2v) is 2.97. The molecule has 1 N–H and O–H groups in total. The number of rotatable bonds is 4. The Morgan fingerprint density at radius 1 is 1.54 bits per heavy atom. The maximum Gasteiger partial charge on any atom is 0.123 e. The van der Waals surface area contributed by atoms with E-state index in [0.29, 0.717) is 0 Å². The minimum absolute atomic E-state index is 0.205. The molecule has 0 saturated heterocycles. The van der Waals surface area contributed by atoms with Gasteiger partial charge >= 0.3 is 0 Å². The highest BCUT2D eigenvalue weighted by atomic mass is 19.1. The van der Waals surface area contributed by atoms with Gasteiger partial charge in [0.25, 0.3) is 0 Å². The van der Waals surface area contributed by atoms with Crippen molar-refractivity contribution in [3.63, 3.8) is 0 Å². The summed E-state index contributed by atoms with van der Waals surface area (Å²) in [4.78, 5) is 0. The first kappa shape index (κ1) is 9.93. The van der Waals surface area contributed by atoms with E-state index < -0.39 is 0 Å². The highest BCUT2D eigenvalue weighted by Gasteiger charge is 1.98. The van der Waals surface area contributed by atoms with Gasteiger partial charge in [-0.1, -0.05) is 18.7 Å². The van der Waals surface area contributed by atoms with Gasteiger partial charge in [-0.25, -0.2) is 4.39 Å². The minimum atomic E-state index is -0.205. The van der Waals surface area contributed by atoms with Gasteiger partial charge in [0, 0.05) is 0 Å². The van der Waals surface area contributed by atoms with Crippen LogP contribution in [0.5, 0.6) is 0 Å². The summed E-state index contributed by atoms with van der Waals surface area (Å²) in [5, 5.41) is 3.03. The first-order chi connectivity index (χ1) is 6.24. The molecular formula is C11H14FN. The summed E-state index contributed by atoms with van der Waals surface area (Å²) in [6.07, 6.45) is 0.847. The molecule has 0 fully saturated rings. The van der Waals surface area contributed by atoms with E-state index in [0.717, 1.165) is 24.1 Å². The summed E-state index contributed by atoms with van der Waals surface area (Å²) in [6.45, 7) is 4.77. The van der Waals surface area contributed by atoms with Crippen LogP contribution in [0.25, 0.3) is 5.57 Å². The van der Waals surface area contributed by atoms with Crippen LogP contribution in [-0.4, -0.2) is 13.6 Å². The van der Waals surface area contributed by atoms with E-state index >= 15 is 0 Å². The first-order valence-electron chi connectivity index (χ1n) is 4.32. The lowest BCUT2D eigenvalue weighted by molar-refractivity contribution is 0.627. The SMILES string of the molecule is C=C(CCNC)c1cccc(F)c1. The van der Waals surface area contributed by atoms with Crippen LogP contribution < -0.4 is 5.32 Å². The molecule has 0 heterocycles. The van der Waals surface area contributed by atoms with Gasteiger partial charge in [-0.2, -0.15) is 0 Å². The lowest BCUT2D eigenvalue weighted by atomic mass is 10.0. The lowest BCUT2D eigenvalue weighted by Crippen LogP contribution is -2.07. The molecule has 0 aromatic heterocycles. The molecule has 13 heavy (non-hydrogen) atoms. The smallest absolute Gasteiger partial charge is 0.123 e. The fourth-order valence-corrected chi connectivity index (χ4v) is 1.13. The average Bonchev–Trinajstić information content (AvgIpc) is 2.14. The van der Waals surface area contributed by atoms with Crippen LogP contribution in [0.3, 0.4) is 0 Å². The Bertz CT molecular complexity index is 294. The van der Waals surface area contributed by atoms with Crippen molar-refractivity contribution in [3.8, 4) is 0 Å². The van der Waals surface area contributed by atoms with E-state index in [1.807, 2.05) is 13.1 Å². The van der Waals surface area contributed by atoms with Crippen molar-refractivity contribution < 1.29 is 4.39 Å². The van der Waals surface area contributed by atoms with E-state index in [4.69, 9.17) is 0 Å². The predicted molar refractivity (Wildman–Crippen MR) is 54.0 cm³/mol. The fourth-order valence-electron chi connectivity index (χ4n) is 1.13. The van der Waals surface area contributed by atoms with Gasteiger partial charge in [-0.15, -0.1) is 0 Å². The Hall–Kier alpha value is -1.15. The van der Waals surface area contributed by atoms with Gasteiger partial charge in [-0.05, 0) is 43.3 Å². The molecule has 0 unspecified atom stereocenters. The number of benzene rings is 1. The summed E-state index contributed by atoms with van der Waals surface area (Å²) in [5.74, 6) is -0.205. The monoisotopic (exact) mass is 179 g/mol. The Kier molecular flexibility index (Phi) is 3.65. The maximum absolute atomic E-state index is 12.8. The molecular weight excluding hydrogens is 165 g/mol. The zero-order valence-electron chi connectivity index (χ0n) is 7.81. The maximum atomic E-state index is 12.8. The Labute approximate surface area is 78.3 Å². The Morgan fingerprint density at radius 3 is 2.92 bits per heavy atom. The van der Waals surface area contributed by atoms with Crippen molar-refractivity contribution in [2.24, 2.45) is 0 Å². The predicted octanol–water partition coefficient (Wildman–Crippen LogP) is 2.45. The topological polar surface area (TPSA) is 12.0 Å². The van der Waals surface area contributed by atoms with Crippen LogP contribution in [0.1, 0.15) is 12.0 Å². The van der Waals surface area contributed by atoms with Gasteiger partial charge in [0.1, 0.15) is 5.82 Å². The van der Waals surface area contributed by atoms with Crippen LogP contribution >= 0.6 is 0 Å². The largest absolute Gasteiger partial charge is 0.319 e. The van der Waals surface area contributed by atoms with E-state index in [1.54, 1.807) is 6.07 Å². The van der Waals surface area contributed by atoms with E-state index in [1.165, 1.54) is 12.1 Å². The molecule has 0 spiro atoms. The van der Waals surface area contributed by atoms with E-state index in [9.17, 15) is 4.39 Å². The van der Waals surface area contributed by atoms with Crippen LogP contribution in [0.15, 0.2) is 30.8 Å². The number of nitrogens with one attached hydrogen (secondary N) is 1. The van der Waals surface area contributed by atoms with Crippen LogP contribution in [0, 0.1) is 5.82 Å². The van der Waals surface area contributed by atoms with Crippen LogP contribution in [-0.2, 0) is 0 Å². The molecule has 0 bridgehead atoms. The molecule has 2 heteroatoms. The summed E-state index contributed by atoms with van der Waals surface area (Å²) in [6, 6.07) is 6.53. The summed E-state index contributed by atoms with van der Waals surface area (Å²) in [7, 11) is 1.89. The molecule has 0 saturated carbocycles. The van der Waals surface area contributed by atoms with Gasteiger partial charge in [0.05, 0.1) is 0 Å². The first-order valence-corrected chi connectivity index (χ1v) is 4.32. The summed E-state index contributed by atoms with van der Waals surface area (Å²) < 4.78 is 12.8. The van der Waals surface area contributed by atoms with E-state index in [-0.39, 0.29) is 5.82 Å². The second-order valence-electron chi connectivity index (χ2n) is 2.97. The number of hydrogen-bond donors (Lipinski definition) is 1. The highest BCUT2D eigenvalue weighted by molar-refractivity contribution is 5.63. The molecule has 1 aromatic carbocycles. The van der Waals surface area contributed by atoms with Gasteiger partial charge in [0.2, 0.25) is 0 Å². The van der Waals surface area contributed by atoms with Crippen molar-refractivity contribution in [1.82, 2.24) is 5.32 Å². The van der Waals surface area contributed by atoms with Gasteiger partial charge in [-0.3, -0.25) is 0 Å². The molecule has 1 nitrogen and oxygen atoms in total. The fraction of sp³-hybridized carbons (Fsp3) is 0.273. The Balaban J connectivity index is 2.66. The quantitative estimate of drug-likeness (QED) is 0.748. The van der Waals surface area contributed by atoms with Crippen molar-refractivity contribution >= 4 is 5.57 Å². The van der Waals surface area contributed by atoms with Crippen molar-refractivity contribution in [2.45, 2.75) is 6.42 Å². The lowest BCUT2D eigenvalue weighted by Gasteiger charge is -2.04. The average molecular weight is 179 g/mol. The van der Waals surface area contributed by atoms with Crippen molar-refractivity contribution in [1.29, 1.82) is 0 Å². The molecule has 0 amide bonds. The van der Waals surface area contributed by atoms with Crippen LogP contribution in [0.4, 0.5) is 4.39 Å². The van der Waals surface area contributed by atoms with Gasteiger partial charge in [0.15, 0.2) is 0 Å². The molecule has 0 radical (unpaired) electrons. The number of halogens is 1. The van der Waals surface area contributed by atoms with Crippen molar-refractivity contribution in [2.75, 3.05) is 13.6 Å². The van der Waals surface area contributed by atoms with Crippen LogP contribution in [0.2, 0.25) is 0 Å². The standard InChI is InChI=1S/C11H14FN/c1-9(6-7-13-2)10-4-3-5-11(12)8-10/h3-5,8,13H,1,6-7H2,2H3. The molecule has 0 aliphatic heterocycles. The third-order valence-corrected chi connectivity index (χ3v) is 1.91. The normalized spacial score (nSPS) is 10.0. The summed E-state index contributed by atoms with van der Waals surface area (Å²) >= 11 is 0.